The third-order valence-electron chi connectivity index (χ3n) is 8.96. The Balaban J connectivity index is 1.65. The summed E-state index contributed by atoms with van der Waals surface area (Å²) in [6, 6.07) is 2.01. The summed E-state index contributed by atoms with van der Waals surface area (Å²) in [7, 11) is 0. The van der Waals surface area contributed by atoms with E-state index in [0.29, 0.717) is 30.0 Å². The Labute approximate surface area is 156 Å². The van der Waals surface area contributed by atoms with Gasteiger partial charge in [-0.1, -0.05) is 13.8 Å². The van der Waals surface area contributed by atoms with Crippen molar-refractivity contribution in [1.29, 1.82) is 5.26 Å². The number of aliphatic hydroxyl groups is 1. The molecule has 4 aliphatic rings. The van der Waals surface area contributed by atoms with E-state index in [4.69, 9.17) is 5.26 Å². The third-order valence-corrected chi connectivity index (χ3v) is 8.96. The third kappa shape index (κ3) is 2.43. The summed E-state index contributed by atoms with van der Waals surface area (Å²) < 4.78 is 0. The van der Waals surface area contributed by atoms with Crippen LogP contribution in [0, 0.1) is 51.8 Å². The lowest BCUT2D eigenvalue weighted by Crippen LogP contribution is -2.58. The molecule has 0 unspecified atom stereocenters. The van der Waals surface area contributed by atoms with Crippen molar-refractivity contribution < 1.29 is 14.7 Å². The van der Waals surface area contributed by atoms with Crippen LogP contribution in [-0.2, 0) is 9.59 Å². The SMILES string of the molecule is C[C@]12CC[C@@H](O)C[C@@H]1CC[C@H]1[C@@H]3CC[C@H](C(=O)CC#N)[C@@]3(C)CC(=O)[C@@H]12. The van der Waals surface area contributed by atoms with Crippen molar-refractivity contribution in [3.05, 3.63) is 0 Å². The number of fused-ring (bicyclic) bond motifs is 5. The average molecular weight is 357 g/mol. The van der Waals surface area contributed by atoms with Crippen LogP contribution < -0.4 is 0 Å². The zero-order valence-electron chi connectivity index (χ0n) is 16.0. The lowest BCUT2D eigenvalue weighted by Gasteiger charge is -2.59. The zero-order chi connectivity index (χ0) is 18.7. The molecule has 142 valence electrons. The van der Waals surface area contributed by atoms with E-state index >= 15 is 0 Å². The summed E-state index contributed by atoms with van der Waals surface area (Å²) in [5, 5.41) is 19.1. The maximum Gasteiger partial charge on any atom is 0.150 e. The van der Waals surface area contributed by atoms with Crippen molar-refractivity contribution >= 4 is 11.6 Å². The zero-order valence-corrected chi connectivity index (χ0v) is 16.0. The minimum Gasteiger partial charge on any atom is -0.393 e. The molecule has 0 aromatic heterocycles. The van der Waals surface area contributed by atoms with Gasteiger partial charge >= 0.3 is 0 Å². The molecular formula is C22H31NO3. The highest BCUT2D eigenvalue weighted by Crippen LogP contribution is 2.66. The first-order chi connectivity index (χ1) is 12.3. The second-order valence-corrected chi connectivity index (χ2v) is 10.0. The molecule has 0 radical (unpaired) electrons. The summed E-state index contributed by atoms with van der Waals surface area (Å²) in [4.78, 5) is 25.9. The first kappa shape index (κ1) is 18.2. The maximum atomic E-state index is 13.4. The van der Waals surface area contributed by atoms with Crippen molar-refractivity contribution in [1.82, 2.24) is 0 Å². The molecule has 4 fully saturated rings. The molecule has 0 aromatic rings. The van der Waals surface area contributed by atoms with Gasteiger partial charge in [-0.15, -0.1) is 0 Å². The fourth-order valence-corrected chi connectivity index (χ4v) is 7.78. The molecule has 8 atom stereocenters. The molecule has 0 heterocycles. The fourth-order valence-electron chi connectivity index (χ4n) is 7.78. The summed E-state index contributed by atoms with van der Waals surface area (Å²) in [6.07, 6.45) is 6.92. The Bertz CT molecular complexity index is 667. The quantitative estimate of drug-likeness (QED) is 0.818. The molecule has 1 N–H and O–H groups in total. The van der Waals surface area contributed by atoms with Crippen LogP contribution in [0.3, 0.4) is 0 Å². The van der Waals surface area contributed by atoms with Gasteiger partial charge in [0.05, 0.1) is 18.6 Å². The molecular weight excluding hydrogens is 326 g/mol. The van der Waals surface area contributed by atoms with Gasteiger partial charge in [-0.3, -0.25) is 9.59 Å². The minimum absolute atomic E-state index is 0.0209. The highest BCUT2D eigenvalue weighted by Gasteiger charge is 2.63. The second-order valence-electron chi connectivity index (χ2n) is 10.0. The van der Waals surface area contributed by atoms with Crippen LogP contribution >= 0.6 is 0 Å². The second kappa shape index (κ2) is 6.16. The van der Waals surface area contributed by atoms with Crippen LogP contribution in [0.15, 0.2) is 0 Å². The van der Waals surface area contributed by atoms with Gasteiger partial charge in [0, 0.05) is 18.3 Å². The van der Waals surface area contributed by atoms with Crippen molar-refractivity contribution in [2.75, 3.05) is 0 Å². The Hall–Kier alpha value is -1.21. The van der Waals surface area contributed by atoms with Gasteiger partial charge in [-0.05, 0) is 73.5 Å². The monoisotopic (exact) mass is 357 g/mol. The highest BCUT2D eigenvalue weighted by molar-refractivity contribution is 5.88. The number of nitriles is 1. The Kier molecular flexibility index (Phi) is 4.30. The Morgan fingerprint density at radius 3 is 2.69 bits per heavy atom. The molecule has 4 nitrogen and oxygen atoms in total. The van der Waals surface area contributed by atoms with Crippen LogP contribution in [0.25, 0.3) is 0 Å². The summed E-state index contributed by atoms with van der Waals surface area (Å²) in [6.45, 7) is 4.45. The molecule has 26 heavy (non-hydrogen) atoms. The van der Waals surface area contributed by atoms with Gasteiger partial charge in [0.1, 0.15) is 5.78 Å². The van der Waals surface area contributed by atoms with Crippen molar-refractivity contribution in [3.8, 4) is 6.07 Å². The first-order valence-electron chi connectivity index (χ1n) is 10.4. The molecule has 4 heteroatoms. The van der Waals surface area contributed by atoms with Crippen molar-refractivity contribution in [3.63, 3.8) is 0 Å². The number of rotatable bonds is 2. The molecule has 0 aromatic carbocycles. The molecule has 0 bridgehead atoms. The van der Waals surface area contributed by atoms with Gasteiger partial charge in [0.15, 0.2) is 5.78 Å². The van der Waals surface area contributed by atoms with Gasteiger partial charge in [-0.2, -0.15) is 5.26 Å². The smallest absolute Gasteiger partial charge is 0.150 e. The summed E-state index contributed by atoms with van der Waals surface area (Å²) in [5.41, 5.74) is -0.223. The number of Topliss-reactive ketones (excluding diaryl/α,β-unsaturated/α-hetero) is 2. The molecule has 0 aliphatic heterocycles. The number of carbonyl (C=O) groups excluding carboxylic acids is 2. The minimum atomic E-state index is -0.246. The van der Waals surface area contributed by atoms with Gasteiger partial charge in [-0.25, -0.2) is 0 Å². The van der Waals surface area contributed by atoms with Gasteiger partial charge < -0.3 is 5.11 Å². The lowest BCUT2D eigenvalue weighted by molar-refractivity contribution is -0.162. The predicted octanol–water partition coefficient (Wildman–Crippen LogP) is 3.67. The number of nitrogens with zero attached hydrogens (tertiary/aromatic N) is 1. The topological polar surface area (TPSA) is 78.2 Å². The van der Waals surface area contributed by atoms with Crippen LogP contribution in [0.1, 0.15) is 71.6 Å². The highest BCUT2D eigenvalue weighted by atomic mass is 16.3. The number of hydrogen-bond acceptors (Lipinski definition) is 4. The first-order valence-corrected chi connectivity index (χ1v) is 10.4. The Morgan fingerprint density at radius 1 is 1.19 bits per heavy atom. The van der Waals surface area contributed by atoms with E-state index in [1.807, 2.05) is 6.07 Å². The summed E-state index contributed by atoms with van der Waals surface area (Å²) >= 11 is 0. The molecule has 0 saturated heterocycles. The van der Waals surface area contributed by atoms with Gasteiger partial charge in [0.25, 0.3) is 0 Å². The average Bonchev–Trinajstić information content (AvgIpc) is 2.92. The van der Waals surface area contributed by atoms with Crippen LogP contribution in [0.2, 0.25) is 0 Å². The van der Waals surface area contributed by atoms with E-state index in [9.17, 15) is 14.7 Å². The van der Waals surface area contributed by atoms with E-state index in [2.05, 4.69) is 13.8 Å². The van der Waals surface area contributed by atoms with E-state index < -0.39 is 0 Å². The standard InChI is InChI=1S/C22H31NO3/c1-21-9-7-14(24)11-13(21)3-4-15-16-5-6-17(18(25)8-10-23)22(16,2)12-19(26)20(15)21/h13-17,20,24H,3-9,11-12H2,1-2H3/t13-,14+,15-,16-,17+,20+,21-,22-/m0/s1. The van der Waals surface area contributed by atoms with Crippen molar-refractivity contribution in [2.45, 2.75) is 77.7 Å². The lowest BCUT2D eigenvalue weighted by atomic mass is 9.44. The van der Waals surface area contributed by atoms with E-state index in [-0.39, 0.29) is 41.0 Å². The van der Waals surface area contributed by atoms with Gasteiger partial charge in [0.2, 0.25) is 0 Å². The molecule has 0 spiro atoms. The number of carbonyl (C=O) groups is 2. The Morgan fingerprint density at radius 2 is 1.96 bits per heavy atom. The largest absolute Gasteiger partial charge is 0.393 e. The van der Waals surface area contributed by atoms with Crippen LogP contribution in [0.4, 0.5) is 0 Å². The fraction of sp³-hybridized carbons (Fsp3) is 0.864. The van der Waals surface area contributed by atoms with Crippen molar-refractivity contribution in [2.24, 2.45) is 40.4 Å². The molecule has 4 rings (SSSR count). The summed E-state index contributed by atoms with van der Waals surface area (Å²) in [5.74, 6) is 1.67. The maximum absolute atomic E-state index is 13.4. The van der Waals surface area contributed by atoms with Crippen LogP contribution in [0.5, 0.6) is 0 Å². The number of ketones is 2. The van der Waals surface area contributed by atoms with E-state index in [1.165, 1.54) is 0 Å². The predicted molar refractivity (Wildman–Crippen MR) is 96.9 cm³/mol. The van der Waals surface area contributed by atoms with E-state index in [0.717, 1.165) is 44.9 Å². The number of aliphatic hydroxyl groups excluding tert-OH is 1. The van der Waals surface area contributed by atoms with Crippen LogP contribution in [-0.4, -0.2) is 22.8 Å². The van der Waals surface area contributed by atoms with E-state index in [1.54, 1.807) is 0 Å². The normalized spacial score (nSPS) is 50.3. The number of hydrogen-bond donors (Lipinski definition) is 1. The molecule has 0 amide bonds. The molecule has 4 aliphatic carbocycles. The molecule has 4 saturated carbocycles.